The van der Waals surface area contributed by atoms with Crippen LogP contribution in [0.2, 0.25) is 0 Å². The van der Waals surface area contributed by atoms with Gasteiger partial charge in [-0.15, -0.1) is 0 Å². The highest BCUT2D eigenvalue weighted by Gasteiger charge is 2.16. The predicted molar refractivity (Wildman–Crippen MR) is 211 cm³/mol. The average Bonchev–Trinajstić information content (AvgIpc) is 3.71. The van der Waals surface area contributed by atoms with E-state index in [-0.39, 0.29) is 0 Å². The van der Waals surface area contributed by atoms with E-state index < -0.39 is 0 Å². The lowest BCUT2D eigenvalue weighted by Gasteiger charge is -2.12. The Morgan fingerprint density at radius 1 is 0.220 bits per heavy atom. The number of rotatable bonds is 5. The Balaban J connectivity index is 1.11. The molecule has 0 bridgehead atoms. The van der Waals surface area contributed by atoms with Crippen LogP contribution in [0.5, 0.6) is 0 Å². The fourth-order valence-corrected chi connectivity index (χ4v) is 7.75. The Morgan fingerprint density at radius 2 is 0.600 bits per heavy atom. The van der Waals surface area contributed by atoms with E-state index in [4.69, 9.17) is 0 Å². The fourth-order valence-electron chi connectivity index (χ4n) is 7.75. The number of fused-ring (bicyclic) bond motifs is 6. The van der Waals surface area contributed by atoms with Crippen molar-refractivity contribution >= 4 is 43.6 Å². The van der Waals surface area contributed by atoms with Crippen molar-refractivity contribution in [1.82, 2.24) is 9.13 Å². The Kier molecular flexibility index (Phi) is 6.53. The van der Waals surface area contributed by atoms with Crippen LogP contribution in [0, 0.1) is 0 Å². The van der Waals surface area contributed by atoms with Gasteiger partial charge in [0.05, 0.1) is 22.1 Å². The molecule has 234 valence electrons. The predicted octanol–water partition coefficient (Wildman–Crippen LogP) is 12.9. The summed E-state index contributed by atoms with van der Waals surface area (Å²) in [5.74, 6) is 0. The Bertz CT molecular complexity index is 2840. The fraction of sp³-hybridized carbons (Fsp3) is 0. The van der Waals surface area contributed by atoms with Crippen LogP contribution in [0.25, 0.3) is 88.4 Å². The molecule has 0 aliphatic rings. The van der Waals surface area contributed by atoms with Crippen LogP contribution in [-0.2, 0) is 0 Å². The van der Waals surface area contributed by atoms with Gasteiger partial charge in [-0.3, -0.25) is 0 Å². The number of hydrogen-bond acceptors (Lipinski definition) is 0. The van der Waals surface area contributed by atoms with Gasteiger partial charge in [-0.05, 0) is 88.0 Å². The Labute approximate surface area is 290 Å². The van der Waals surface area contributed by atoms with Gasteiger partial charge in [0, 0.05) is 32.9 Å². The lowest BCUT2D eigenvalue weighted by Crippen LogP contribution is -1.94. The molecule has 10 aromatic rings. The normalized spacial score (nSPS) is 11.6. The van der Waals surface area contributed by atoms with Gasteiger partial charge in [0.2, 0.25) is 0 Å². The van der Waals surface area contributed by atoms with Crippen molar-refractivity contribution in [3.63, 3.8) is 0 Å². The second-order valence-electron chi connectivity index (χ2n) is 13.0. The molecule has 10 rings (SSSR count). The molecule has 2 heterocycles. The lowest BCUT2D eigenvalue weighted by atomic mass is 9.99. The smallest absolute Gasteiger partial charge is 0.0547 e. The van der Waals surface area contributed by atoms with Gasteiger partial charge >= 0.3 is 0 Å². The van der Waals surface area contributed by atoms with Gasteiger partial charge in [0.15, 0.2) is 0 Å². The van der Waals surface area contributed by atoms with Crippen molar-refractivity contribution in [2.45, 2.75) is 0 Å². The maximum Gasteiger partial charge on any atom is 0.0547 e. The second kappa shape index (κ2) is 11.5. The highest BCUT2D eigenvalue weighted by Crippen LogP contribution is 2.38. The molecule has 0 unspecified atom stereocenters. The molecular formula is C48H32N2. The summed E-state index contributed by atoms with van der Waals surface area (Å²) in [5.41, 5.74) is 14.4. The quantitative estimate of drug-likeness (QED) is 0.178. The molecule has 0 radical (unpaired) electrons. The zero-order valence-electron chi connectivity index (χ0n) is 27.4. The lowest BCUT2D eigenvalue weighted by molar-refractivity contribution is 1.18. The summed E-state index contributed by atoms with van der Waals surface area (Å²) in [6, 6.07) is 70.4. The van der Waals surface area contributed by atoms with Crippen LogP contribution >= 0.6 is 0 Å². The van der Waals surface area contributed by atoms with Gasteiger partial charge < -0.3 is 9.13 Å². The molecule has 0 saturated carbocycles. The van der Waals surface area contributed by atoms with E-state index in [1.807, 2.05) is 0 Å². The summed E-state index contributed by atoms with van der Waals surface area (Å²) in [5, 5.41) is 5.04. The summed E-state index contributed by atoms with van der Waals surface area (Å²) in [6.45, 7) is 0. The molecule has 2 nitrogen and oxygen atoms in total. The molecule has 0 saturated heterocycles. The largest absolute Gasteiger partial charge is 0.309 e. The van der Waals surface area contributed by atoms with Crippen LogP contribution in [0.15, 0.2) is 194 Å². The van der Waals surface area contributed by atoms with Gasteiger partial charge in [-0.2, -0.15) is 0 Å². The molecule has 0 aliphatic heterocycles. The zero-order valence-corrected chi connectivity index (χ0v) is 27.4. The van der Waals surface area contributed by atoms with Crippen molar-refractivity contribution in [3.8, 4) is 44.8 Å². The SMILES string of the molecule is c1ccc(-c2cccc(-c3ccc(-n4c5ccccc5c5ccc(-c6ccc7c8ccccc8n(-c8ccccc8)c7c6)cc54)cc3)c2)cc1. The van der Waals surface area contributed by atoms with E-state index in [1.165, 1.54) is 82.7 Å². The molecule has 0 atom stereocenters. The van der Waals surface area contributed by atoms with E-state index in [0.29, 0.717) is 0 Å². The minimum Gasteiger partial charge on any atom is -0.309 e. The third-order valence-electron chi connectivity index (χ3n) is 10.1. The van der Waals surface area contributed by atoms with E-state index >= 15 is 0 Å². The molecule has 0 amide bonds. The first-order valence-corrected chi connectivity index (χ1v) is 17.2. The van der Waals surface area contributed by atoms with E-state index in [9.17, 15) is 0 Å². The molecule has 2 aromatic heterocycles. The van der Waals surface area contributed by atoms with Gasteiger partial charge in [-0.1, -0.05) is 140 Å². The number of nitrogens with zero attached hydrogens (tertiary/aromatic N) is 2. The molecule has 2 heteroatoms. The summed E-state index contributed by atoms with van der Waals surface area (Å²) in [7, 11) is 0. The van der Waals surface area contributed by atoms with Gasteiger partial charge in [0.25, 0.3) is 0 Å². The van der Waals surface area contributed by atoms with Gasteiger partial charge in [-0.25, -0.2) is 0 Å². The summed E-state index contributed by atoms with van der Waals surface area (Å²) < 4.78 is 4.80. The number of aromatic nitrogens is 2. The van der Waals surface area contributed by atoms with Crippen molar-refractivity contribution in [3.05, 3.63) is 194 Å². The van der Waals surface area contributed by atoms with Gasteiger partial charge in [0.1, 0.15) is 0 Å². The standard InChI is InChI=1S/C48H32N2/c1-3-12-33(13-4-1)35-14-11-15-36(30-35)34-22-26-40(27-23-34)50-46-21-10-8-19-42(46)44-29-25-38(32-48(44)50)37-24-28-43-41-18-7-9-20-45(41)49(47(43)31-37)39-16-5-2-6-17-39/h1-32H. The monoisotopic (exact) mass is 636 g/mol. The molecule has 0 fully saturated rings. The number of benzene rings is 8. The minimum absolute atomic E-state index is 1.15. The van der Waals surface area contributed by atoms with E-state index in [0.717, 1.165) is 5.69 Å². The van der Waals surface area contributed by atoms with Crippen molar-refractivity contribution in [2.24, 2.45) is 0 Å². The van der Waals surface area contributed by atoms with E-state index in [2.05, 4.69) is 203 Å². The zero-order chi connectivity index (χ0) is 33.0. The van der Waals surface area contributed by atoms with Crippen molar-refractivity contribution in [1.29, 1.82) is 0 Å². The molecule has 0 aliphatic carbocycles. The first kappa shape index (κ1) is 28.4. The third-order valence-corrected chi connectivity index (χ3v) is 10.1. The number of para-hydroxylation sites is 3. The maximum atomic E-state index is 2.41. The van der Waals surface area contributed by atoms with Crippen molar-refractivity contribution in [2.75, 3.05) is 0 Å². The Hall–Kier alpha value is -6.64. The molecule has 0 spiro atoms. The molecular weight excluding hydrogens is 605 g/mol. The summed E-state index contributed by atoms with van der Waals surface area (Å²) >= 11 is 0. The van der Waals surface area contributed by atoms with Crippen LogP contribution in [0.4, 0.5) is 0 Å². The second-order valence-corrected chi connectivity index (χ2v) is 13.0. The first-order valence-electron chi connectivity index (χ1n) is 17.2. The Morgan fingerprint density at radius 3 is 1.16 bits per heavy atom. The average molecular weight is 637 g/mol. The number of hydrogen-bond donors (Lipinski definition) is 0. The maximum absolute atomic E-state index is 2.41. The minimum atomic E-state index is 1.15. The summed E-state index contributed by atoms with van der Waals surface area (Å²) in [4.78, 5) is 0. The molecule has 50 heavy (non-hydrogen) atoms. The topological polar surface area (TPSA) is 9.86 Å². The summed E-state index contributed by atoms with van der Waals surface area (Å²) in [6.07, 6.45) is 0. The molecule has 0 N–H and O–H groups in total. The first-order chi connectivity index (χ1) is 24.8. The van der Waals surface area contributed by atoms with E-state index in [1.54, 1.807) is 0 Å². The van der Waals surface area contributed by atoms with Crippen LogP contribution < -0.4 is 0 Å². The highest BCUT2D eigenvalue weighted by molar-refractivity contribution is 6.12. The van der Waals surface area contributed by atoms with Crippen LogP contribution in [0.3, 0.4) is 0 Å². The highest BCUT2D eigenvalue weighted by atomic mass is 15.0. The third kappa shape index (κ3) is 4.57. The van der Waals surface area contributed by atoms with Crippen LogP contribution in [0.1, 0.15) is 0 Å². The van der Waals surface area contributed by atoms with Crippen LogP contribution in [-0.4, -0.2) is 9.13 Å². The van der Waals surface area contributed by atoms with Crippen molar-refractivity contribution < 1.29 is 0 Å². The molecule has 8 aromatic carbocycles.